The van der Waals surface area contributed by atoms with Crippen molar-refractivity contribution in [1.82, 2.24) is 9.80 Å². The molecule has 1 saturated heterocycles. The van der Waals surface area contributed by atoms with Crippen molar-refractivity contribution in [3.05, 3.63) is 108 Å². The standard InChI is InChI=1S/C32H36N2O5/c1-37-28-23-25(24-29(38-2)31(28)36)11-9-10-16-30(35)34-19-17-33(18-20-34)21-22-39-32(26-12-5-3-6-13-26)27-14-7-4-8-15-27/h3-16,23-24,32,36H,17-22H2,1-2H3. The average Bonchev–Trinajstić information content (AvgIpc) is 2.99. The van der Waals surface area contributed by atoms with Gasteiger partial charge in [-0.1, -0.05) is 78.9 Å². The molecule has 0 unspecified atom stereocenters. The monoisotopic (exact) mass is 528 g/mol. The highest BCUT2D eigenvalue weighted by Crippen LogP contribution is 2.37. The van der Waals surface area contributed by atoms with E-state index >= 15 is 0 Å². The molecule has 4 rings (SSSR count). The molecule has 0 atom stereocenters. The van der Waals surface area contributed by atoms with Crippen molar-refractivity contribution in [2.75, 3.05) is 53.6 Å². The molecule has 1 aliphatic rings. The molecular weight excluding hydrogens is 492 g/mol. The Morgan fingerprint density at radius 2 is 1.44 bits per heavy atom. The summed E-state index contributed by atoms with van der Waals surface area (Å²) in [5, 5.41) is 10.0. The van der Waals surface area contributed by atoms with Gasteiger partial charge in [-0.15, -0.1) is 0 Å². The van der Waals surface area contributed by atoms with Gasteiger partial charge in [-0.05, 0) is 28.8 Å². The number of carbonyl (C=O) groups is 1. The summed E-state index contributed by atoms with van der Waals surface area (Å²) in [6, 6.07) is 24.0. The lowest BCUT2D eigenvalue weighted by molar-refractivity contribution is -0.127. The average molecular weight is 529 g/mol. The third-order valence-corrected chi connectivity index (χ3v) is 6.72. The van der Waals surface area contributed by atoms with Crippen LogP contribution in [0.5, 0.6) is 17.2 Å². The molecule has 7 nitrogen and oxygen atoms in total. The molecule has 1 heterocycles. The summed E-state index contributed by atoms with van der Waals surface area (Å²) in [4.78, 5) is 16.9. The molecule has 0 aliphatic carbocycles. The molecule has 3 aromatic rings. The van der Waals surface area contributed by atoms with Crippen LogP contribution in [0.15, 0.2) is 91.0 Å². The molecule has 3 aromatic carbocycles. The van der Waals surface area contributed by atoms with Crippen LogP contribution in [0.3, 0.4) is 0 Å². The van der Waals surface area contributed by atoms with Gasteiger partial charge in [-0.25, -0.2) is 0 Å². The third-order valence-electron chi connectivity index (χ3n) is 6.72. The molecule has 1 amide bonds. The van der Waals surface area contributed by atoms with Crippen LogP contribution < -0.4 is 9.47 Å². The van der Waals surface area contributed by atoms with E-state index in [1.807, 2.05) is 47.4 Å². The number of allylic oxidation sites excluding steroid dienone is 2. The van der Waals surface area contributed by atoms with Gasteiger partial charge in [-0.3, -0.25) is 9.69 Å². The number of amides is 1. The maximum atomic E-state index is 12.7. The minimum atomic E-state index is -0.0998. The Balaban J connectivity index is 1.23. The van der Waals surface area contributed by atoms with E-state index in [1.54, 1.807) is 30.4 Å². The molecule has 1 N–H and O–H groups in total. The largest absolute Gasteiger partial charge is 0.502 e. The minimum Gasteiger partial charge on any atom is -0.502 e. The summed E-state index contributed by atoms with van der Waals surface area (Å²) in [7, 11) is 2.97. The molecule has 1 aliphatic heterocycles. The van der Waals surface area contributed by atoms with Crippen molar-refractivity contribution in [3.8, 4) is 17.2 Å². The van der Waals surface area contributed by atoms with E-state index in [4.69, 9.17) is 14.2 Å². The number of phenolic OH excluding ortho intramolecular Hbond substituents is 1. The maximum absolute atomic E-state index is 12.7. The number of nitrogens with zero attached hydrogens (tertiary/aromatic N) is 2. The first kappa shape index (κ1) is 28.0. The zero-order valence-corrected chi connectivity index (χ0v) is 22.5. The molecule has 0 radical (unpaired) electrons. The van der Waals surface area contributed by atoms with Gasteiger partial charge < -0.3 is 24.2 Å². The van der Waals surface area contributed by atoms with Gasteiger partial charge in [0.05, 0.1) is 20.8 Å². The summed E-state index contributed by atoms with van der Waals surface area (Å²) in [6.45, 7) is 4.41. The molecule has 0 bridgehead atoms. The van der Waals surface area contributed by atoms with Crippen molar-refractivity contribution in [2.45, 2.75) is 6.10 Å². The van der Waals surface area contributed by atoms with Crippen LogP contribution in [0.25, 0.3) is 6.08 Å². The quantitative estimate of drug-likeness (QED) is 0.281. The molecule has 0 saturated carbocycles. The van der Waals surface area contributed by atoms with E-state index in [-0.39, 0.29) is 17.8 Å². The summed E-state index contributed by atoms with van der Waals surface area (Å²) >= 11 is 0. The van der Waals surface area contributed by atoms with E-state index in [0.29, 0.717) is 31.2 Å². The van der Waals surface area contributed by atoms with Crippen LogP contribution in [0.2, 0.25) is 0 Å². The van der Waals surface area contributed by atoms with Gasteiger partial charge in [0.1, 0.15) is 6.10 Å². The number of hydrogen-bond acceptors (Lipinski definition) is 6. The minimum absolute atomic E-state index is 0.00960. The summed E-state index contributed by atoms with van der Waals surface area (Å²) in [6.07, 6.45) is 6.81. The third kappa shape index (κ3) is 7.72. The van der Waals surface area contributed by atoms with Crippen LogP contribution in [0.1, 0.15) is 22.8 Å². The van der Waals surface area contributed by atoms with Crippen molar-refractivity contribution in [2.24, 2.45) is 0 Å². The molecule has 39 heavy (non-hydrogen) atoms. The van der Waals surface area contributed by atoms with E-state index in [2.05, 4.69) is 29.2 Å². The molecule has 0 aromatic heterocycles. The van der Waals surface area contributed by atoms with Crippen molar-refractivity contribution < 1.29 is 24.1 Å². The number of hydrogen-bond donors (Lipinski definition) is 1. The number of benzene rings is 3. The molecule has 1 fully saturated rings. The fraction of sp³-hybridized carbons (Fsp3) is 0.281. The smallest absolute Gasteiger partial charge is 0.246 e. The van der Waals surface area contributed by atoms with Crippen molar-refractivity contribution >= 4 is 12.0 Å². The normalized spacial score (nSPS) is 14.4. The Morgan fingerprint density at radius 1 is 0.872 bits per heavy atom. The molecule has 0 spiro atoms. The lowest BCUT2D eigenvalue weighted by Crippen LogP contribution is -2.49. The molecular formula is C32H36N2O5. The van der Waals surface area contributed by atoms with Gasteiger partial charge in [0, 0.05) is 38.8 Å². The van der Waals surface area contributed by atoms with E-state index in [0.717, 1.165) is 36.3 Å². The fourth-order valence-electron chi connectivity index (χ4n) is 4.55. The SMILES string of the molecule is COc1cc(C=CC=CC(=O)N2CCN(CCOC(c3ccccc3)c3ccccc3)CC2)cc(OC)c1O. The Labute approximate surface area is 230 Å². The summed E-state index contributed by atoms with van der Waals surface area (Å²) < 4.78 is 16.7. The van der Waals surface area contributed by atoms with Crippen LogP contribution in [-0.2, 0) is 9.53 Å². The second kappa shape index (κ2) is 14.2. The molecule has 204 valence electrons. The first-order valence-corrected chi connectivity index (χ1v) is 13.1. The highest BCUT2D eigenvalue weighted by molar-refractivity contribution is 5.88. The Morgan fingerprint density at radius 3 is 1.97 bits per heavy atom. The predicted octanol–water partition coefficient (Wildman–Crippen LogP) is 4.93. The predicted molar refractivity (Wildman–Crippen MR) is 153 cm³/mol. The van der Waals surface area contributed by atoms with Gasteiger partial charge in [-0.2, -0.15) is 0 Å². The highest BCUT2D eigenvalue weighted by Gasteiger charge is 2.20. The Kier molecular flexibility index (Phi) is 10.2. The fourth-order valence-corrected chi connectivity index (χ4v) is 4.55. The van der Waals surface area contributed by atoms with Gasteiger partial charge in [0.2, 0.25) is 11.7 Å². The van der Waals surface area contributed by atoms with Crippen molar-refractivity contribution in [3.63, 3.8) is 0 Å². The first-order chi connectivity index (χ1) is 19.1. The van der Waals surface area contributed by atoms with Crippen LogP contribution in [-0.4, -0.2) is 74.4 Å². The van der Waals surface area contributed by atoms with Crippen LogP contribution in [0.4, 0.5) is 0 Å². The highest BCUT2D eigenvalue weighted by atomic mass is 16.5. The number of ether oxygens (including phenoxy) is 3. The van der Waals surface area contributed by atoms with Gasteiger partial charge >= 0.3 is 0 Å². The lowest BCUT2D eigenvalue weighted by Gasteiger charge is -2.34. The van der Waals surface area contributed by atoms with E-state index in [1.165, 1.54) is 14.2 Å². The number of carbonyl (C=O) groups excluding carboxylic acids is 1. The van der Waals surface area contributed by atoms with Gasteiger partial charge in [0.15, 0.2) is 11.5 Å². The van der Waals surface area contributed by atoms with Crippen LogP contribution >= 0.6 is 0 Å². The Bertz CT molecular complexity index is 1190. The Hall–Kier alpha value is -4.07. The van der Waals surface area contributed by atoms with E-state index < -0.39 is 0 Å². The summed E-state index contributed by atoms with van der Waals surface area (Å²) in [5.74, 6) is 0.603. The van der Waals surface area contributed by atoms with Crippen molar-refractivity contribution in [1.29, 1.82) is 0 Å². The zero-order chi connectivity index (χ0) is 27.5. The number of aromatic hydroxyl groups is 1. The second-order valence-corrected chi connectivity index (χ2v) is 9.23. The maximum Gasteiger partial charge on any atom is 0.246 e. The topological polar surface area (TPSA) is 71.5 Å². The number of rotatable bonds is 11. The van der Waals surface area contributed by atoms with Gasteiger partial charge in [0.25, 0.3) is 0 Å². The zero-order valence-electron chi connectivity index (χ0n) is 22.5. The second-order valence-electron chi connectivity index (χ2n) is 9.23. The lowest BCUT2D eigenvalue weighted by atomic mass is 10.0. The number of methoxy groups -OCH3 is 2. The van der Waals surface area contributed by atoms with Crippen LogP contribution in [0, 0.1) is 0 Å². The number of piperazine rings is 1. The molecule has 7 heteroatoms. The van der Waals surface area contributed by atoms with E-state index in [9.17, 15) is 9.90 Å². The summed E-state index contributed by atoms with van der Waals surface area (Å²) in [5.41, 5.74) is 3.07. The first-order valence-electron chi connectivity index (χ1n) is 13.1. The number of phenols is 1.